The summed E-state index contributed by atoms with van der Waals surface area (Å²) in [5.41, 5.74) is 0. The molecular formula is C11H22N2O2. The maximum atomic E-state index is 5.31. The third-order valence-corrected chi connectivity index (χ3v) is 2.31. The number of ether oxygens (including phenoxy) is 2. The van der Waals surface area contributed by atoms with Crippen LogP contribution in [0, 0.1) is 0 Å². The maximum absolute atomic E-state index is 5.31. The summed E-state index contributed by atoms with van der Waals surface area (Å²) in [7, 11) is 0. The lowest BCUT2D eigenvalue weighted by Crippen LogP contribution is -2.30. The molecule has 4 heteroatoms. The fraction of sp³-hybridized carbons (Fsp3) is 0.818. The zero-order chi connectivity index (χ0) is 10.9. The lowest BCUT2D eigenvalue weighted by Gasteiger charge is -2.20. The van der Waals surface area contributed by atoms with Gasteiger partial charge in [-0.25, -0.2) is 0 Å². The van der Waals surface area contributed by atoms with Crippen LogP contribution in [0.5, 0.6) is 0 Å². The highest BCUT2D eigenvalue weighted by atomic mass is 16.5. The summed E-state index contributed by atoms with van der Waals surface area (Å²) in [6.07, 6.45) is 4.23. The predicted molar refractivity (Wildman–Crippen MR) is 60.4 cm³/mol. The fourth-order valence-electron chi connectivity index (χ4n) is 1.46. The SMILES string of the molecule is CCOCCN1C=CN(CCOCC)C1. The van der Waals surface area contributed by atoms with E-state index in [1.54, 1.807) is 0 Å². The molecule has 15 heavy (non-hydrogen) atoms. The van der Waals surface area contributed by atoms with E-state index in [1.165, 1.54) is 0 Å². The molecular weight excluding hydrogens is 192 g/mol. The quantitative estimate of drug-likeness (QED) is 0.565. The van der Waals surface area contributed by atoms with Crippen molar-refractivity contribution >= 4 is 0 Å². The zero-order valence-electron chi connectivity index (χ0n) is 9.82. The molecule has 0 aromatic heterocycles. The minimum atomic E-state index is 0.797. The fourth-order valence-corrected chi connectivity index (χ4v) is 1.46. The van der Waals surface area contributed by atoms with Crippen molar-refractivity contribution in [1.29, 1.82) is 0 Å². The highest BCUT2D eigenvalue weighted by Crippen LogP contribution is 2.05. The molecule has 0 amide bonds. The van der Waals surface area contributed by atoms with Gasteiger partial charge in [0, 0.05) is 38.7 Å². The second kappa shape index (κ2) is 7.54. The first-order valence-corrected chi connectivity index (χ1v) is 5.68. The second-order valence-corrected chi connectivity index (χ2v) is 3.46. The van der Waals surface area contributed by atoms with Gasteiger partial charge >= 0.3 is 0 Å². The van der Waals surface area contributed by atoms with Crippen LogP contribution in [0.25, 0.3) is 0 Å². The molecule has 0 unspecified atom stereocenters. The van der Waals surface area contributed by atoms with Crippen LogP contribution in [0.15, 0.2) is 12.4 Å². The van der Waals surface area contributed by atoms with Crippen molar-refractivity contribution in [2.24, 2.45) is 0 Å². The Balaban J connectivity index is 2.03. The Morgan fingerprint density at radius 1 is 0.933 bits per heavy atom. The lowest BCUT2D eigenvalue weighted by atomic mass is 10.6. The Morgan fingerprint density at radius 3 is 1.80 bits per heavy atom. The largest absolute Gasteiger partial charge is 0.380 e. The maximum Gasteiger partial charge on any atom is 0.0895 e. The first-order valence-electron chi connectivity index (χ1n) is 5.68. The molecule has 0 atom stereocenters. The Labute approximate surface area is 92.4 Å². The molecule has 0 N–H and O–H groups in total. The summed E-state index contributed by atoms with van der Waals surface area (Å²) in [4.78, 5) is 4.50. The molecule has 0 radical (unpaired) electrons. The molecule has 0 spiro atoms. The second-order valence-electron chi connectivity index (χ2n) is 3.46. The van der Waals surface area contributed by atoms with E-state index in [4.69, 9.17) is 9.47 Å². The summed E-state index contributed by atoms with van der Waals surface area (Å²) < 4.78 is 10.6. The molecule has 1 heterocycles. The van der Waals surface area contributed by atoms with Gasteiger partial charge in [-0.15, -0.1) is 0 Å². The highest BCUT2D eigenvalue weighted by molar-refractivity contribution is 4.90. The average Bonchev–Trinajstić information content (AvgIpc) is 2.67. The van der Waals surface area contributed by atoms with Crippen molar-refractivity contribution < 1.29 is 9.47 Å². The summed E-state index contributed by atoms with van der Waals surface area (Å²) in [6, 6.07) is 0. The van der Waals surface area contributed by atoms with Crippen molar-refractivity contribution in [3.63, 3.8) is 0 Å². The van der Waals surface area contributed by atoms with Crippen molar-refractivity contribution in [2.75, 3.05) is 46.2 Å². The standard InChI is InChI=1S/C11H22N2O2/c1-3-14-9-7-12-5-6-13(11-12)8-10-15-4-2/h5-6H,3-4,7-11H2,1-2H3. The van der Waals surface area contributed by atoms with Crippen LogP contribution in [-0.2, 0) is 9.47 Å². The van der Waals surface area contributed by atoms with Crippen molar-refractivity contribution in [3.05, 3.63) is 12.4 Å². The highest BCUT2D eigenvalue weighted by Gasteiger charge is 2.10. The van der Waals surface area contributed by atoms with E-state index >= 15 is 0 Å². The molecule has 0 fully saturated rings. The van der Waals surface area contributed by atoms with Gasteiger partial charge in [-0.05, 0) is 13.8 Å². The third-order valence-electron chi connectivity index (χ3n) is 2.31. The number of nitrogens with zero attached hydrogens (tertiary/aromatic N) is 2. The van der Waals surface area contributed by atoms with Crippen LogP contribution in [0.3, 0.4) is 0 Å². The third kappa shape index (κ3) is 5.04. The minimum absolute atomic E-state index is 0.797. The monoisotopic (exact) mass is 214 g/mol. The van der Waals surface area contributed by atoms with E-state index < -0.39 is 0 Å². The summed E-state index contributed by atoms with van der Waals surface area (Å²) in [5.74, 6) is 0. The van der Waals surface area contributed by atoms with Gasteiger partial charge < -0.3 is 19.3 Å². The van der Waals surface area contributed by atoms with Crippen molar-refractivity contribution in [1.82, 2.24) is 9.80 Å². The molecule has 0 bridgehead atoms. The molecule has 0 aromatic rings. The van der Waals surface area contributed by atoms with Crippen LogP contribution in [0.4, 0.5) is 0 Å². The van der Waals surface area contributed by atoms with Gasteiger partial charge in [0.05, 0.1) is 19.9 Å². The molecule has 0 aromatic carbocycles. The van der Waals surface area contributed by atoms with Crippen LogP contribution < -0.4 is 0 Å². The van der Waals surface area contributed by atoms with Crippen LogP contribution in [0.2, 0.25) is 0 Å². The van der Waals surface area contributed by atoms with E-state index in [1.807, 2.05) is 13.8 Å². The number of rotatable bonds is 8. The topological polar surface area (TPSA) is 24.9 Å². The average molecular weight is 214 g/mol. The Kier molecular flexibility index (Phi) is 6.20. The smallest absolute Gasteiger partial charge is 0.0895 e. The summed E-state index contributed by atoms with van der Waals surface area (Å²) in [5, 5.41) is 0. The van der Waals surface area contributed by atoms with Gasteiger partial charge in [0.15, 0.2) is 0 Å². The van der Waals surface area contributed by atoms with Gasteiger partial charge in [-0.3, -0.25) is 0 Å². The summed E-state index contributed by atoms with van der Waals surface area (Å²) >= 11 is 0. The van der Waals surface area contributed by atoms with Gasteiger partial charge in [0.1, 0.15) is 0 Å². The minimum Gasteiger partial charge on any atom is -0.380 e. The van der Waals surface area contributed by atoms with Crippen molar-refractivity contribution in [2.45, 2.75) is 13.8 Å². The van der Waals surface area contributed by atoms with E-state index in [-0.39, 0.29) is 0 Å². The molecule has 1 aliphatic rings. The van der Waals surface area contributed by atoms with Gasteiger partial charge in [0.2, 0.25) is 0 Å². The predicted octanol–water partition coefficient (Wildman–Crippen LogP) is 1.11. The Hall–Kier alpha value is -0.740. The molecule has 4 nitrogen and oxygen atoms in total. The molecule has 0 aliphatic carbocycles. The number of hydrogen-bond acceptors (Lipinski definition) is 4. The van der Waals surface area contributed by atoms with Gasteiger partial charge in [-0.1, -0.05) is 0 Å². The van der Waals surface area contributed by atoms with E-state index in [0.717, 1.165) is 46.2 Å². The van der Waals surface area contributed by atoms with E-state index in [9.17, 15) is 0 Å². The molecule has 1 rings (SSSR count). The van der Waals surface area contributed by atoms with Gasteiger partial charge in [0.25, 0.3) is 0 Å². The number of hydrogen-bond donors (Lipinski definition) is 0. The Morgan fingerprint density at radius 2 is 1.40 bits per heavy atom. The van der Waals surface area contributed by atoms with E-state index in [2.05, 4.69) is 22.2 Å². The summed E-state index contributed by atoms with van der Waals surface area (Å²) in [6.45, 7) is 10.1. The van der Waals surface area contributed by atoms with Crippen LogP contribution >= 0.6 is 0 Å². The zero-order valence-corrected chi connectivity index (χ0v) is 9.82. The van der Waals surface area contributed by atoms with Crippen molar-refractivity contribution in [3.8, 4) is 0 Å². The molecule has 88 valence electrons. The first-order chi connectivity index (χ1) is 7.36. The first kappa shape index (κ1) is 12.3. The van der Waals surface area contributed by atoms with E-state index in [0.29, 0.717) is 0 Å². The van der Waals surface area contributed by atoms with Crippen LogP contribution in [-0.4, -0.2) is 56.0 Å². The lowest BCUT2D eigenvalue weighted by molar-refractivity contribution is 0.105. The normalized spacial score (nSPS) is 15.3. The van der Waals surface area contributed by atoms with Gasteiger partial charge in [-0.2, -0.15) is 0 Å². The van der Waals surface area contributed by atoms with Crippen LogP contribution in [0.1, 0.15) is 13.8 Å². The molecule has 0 saturated carbocycles. The molecule has 1 aliphatic heterocycles. The molecule has 0 saturated heterocycles. The Bertz CT molecular complexity index is 167.